The molecule has 5 nitrogen and oxygen atoms in total. The zero-order chi connectivity index (χ0) is 20.9. The van der Waals surface area contributed by atoms with Crippen LogP contribution in [0.2, 0.25) is 5.15 Å². The van der Waals surface area contributed by atoms with Crippen molar-refractivity contribution >= 4 is 17.5 Å². The van der Waals surface area contributed by atoms with Crippen LogP contribution < -0.4 is 5.32 Å². The van der Waals surface area contributed by atoms with Crippen molar-refractivity contribution in [1.29, 1.82) is 0 Å². The Balaban J connectivity index is 1.35. The zero-order valence-electron chi connectivity index (χ0n) is 17.9. The predicted octanol–water partition coefficient (Wildman–Crippen LogP) is 4.67. The van der Waals surface area contributed by atoms with Crippen molar-refractivity contribution in [2.45, 2.75) is 64.5 Å². The number of rotatable bonds is 7. The van der Waals surface area contributed by atoms with Crippen molar-refractivity contribution in [1.82, 2.24) is 20.0 Å². The molecular formula is C24H33ClN4O. The van der Waals surface area contributed by atoms with Crippen molar-refractivity contribution in [2.75, 3.05) is 19.6 Å². The average Bonchev–Trinajstić information content (AvgIpc) is 3.31. The maximum atomic E-state index is 12.9. The molecule has 2 fully saturated rings. The molecule has 0 bridgehead atoms. The number of likely N-dealkylation sites (tertiary alicyclic amines) is 1. The highest BCUT2D eigenvalue weighted by Crippen LogP contribution is 2.27. The first-order chi connectivity index (χ1) is 14.6. The molecule has 0 spiro atoms. The van der Waals surface area contributed by atoms with Gasteiger partial charge in [0.25, 0.3) is 5.91 Å². The molecular weight excluding hydrogens is 396 g/mol. The van der Waals surface area contributed by atoms with Gasteiger partial charge in [-0.05, 0) is 50.6 Å². The summed E-state index contributed by atoms with van der Waals surface area (Å²) in [5.74, 6) is 0.726. The Morgan fingerprint density at radius 3 is 2.67 bits per heavy atom. The van der Waals surface area contributed by atoms with Crippen molar-refractivity contribution in [3.8, 4) is 0 Å². The molecule has 1 atom stereocenters. The number of benzene rings is 1. The lowest BCUT2D eigenvalue weighted by atomic mass is 9.89. The van der Waals surface area contributed by atoms with E-state index in [-0.39, 0.29) is 5.91 Å². The number of halogens is 1. The standard InChI is InChI=1S/C24H33ClN4O/c1-18-22(23(25)29(27-18)17-20-11-6-3-7-12-20)24(30)26-15-21-13-8-14-28(21)16-19-9-4-2-5-10-19/h3,6-7,11-12,19,21H,2,4-5,8-10,13-17H2,1H3,(H,26,30)/t21-/m0/s1. The number of hydrogen-bond acceptors (Lipinski definition) is 3. The Morgan fingerprint density at radius 2 is 1.90 bits per heavy atom. The minimum absolute atomic E-state index is 0.110. The SMILES string of the molecule is Cc1nn(Cc2ccccc2)c(Cl)c1C(=O)NC[C@@H]1CCCN1CC1CCCCC1. The molecule has 1 amide bonds. The van der Waals surface area contributed by atoms with Crippen molar-refractivity contribution in [3.63, 3.8) is 0 Å². The van der Waals surface area contributed by atoms with Crippen LogP contribution in [0.5, 0.6) is 0 Å². The normalized spacial score (nSPS) is 20.5. The van der Waals surface area contributed by atoms with E-state index in [0.29, 0.717) is 35.5 Å². The van der Waals surface area contributed by atoms with Crippen LogP contribution in [0.1, 0.15) is 66.6 Å². The molecule has 0 radical (unpaired) electrons. The molecule has 1 aromatic carbocycles. The van der Waals surface area contributed by atoms with Gasteiger partial charge in [0, 0.05) is 19.1 Å². The third kappa shape index (κ3) is 5.06. The molecule has 30 heavy (non-hydrogen) atoms. The molecule has 1 saturated carbocycles. The Bertz CT molecular complexity index is 844. The smallest absolute Gasteiger partial charge is 0.256 e. The first-order valence-electron chi connectivity index (χ1n) is 11.4. The van der Waals surface area contributed by atoms with E-state index in [1.165, 1.54) is 45.1 Å². The molecule has 2 aliphatic rings. The largest absolute Gasteiger partial charge is 0.350 e. The number of carbonyl (C=O) groups excluding carboxylic acids is 1. The van der Waals surface area contributed by atoms with Gasteiger partial charge in [0.1, 0.15) is 5.15 Å². The van der Waals surface area contributed by atoms with Crippen LogP contribution in [0.25, 0.3) is 0 Å². The van der Waals surface area contributed by atoms with Gasteiger partial charge in [0.15, 0.2) is 0 Å². The number of nitrogens with zero attached hydrogens (tertiary/aromatic N) is 3. The van der Waals surface area contributed by atoms with E-state index in [0.717, 1.165) is 24.4 Å². The quantitative estimate of drug-likeness (QED) is 0.697. The second-order valence-corrected chi connectivity index (χ2v) is 9.26. The number of carbonyl (C=O) groups is 1. The van der Waals surface area contributed by atoms with E-state index in [1.54, 1.807) is 4.68 Å². The highest BCUT2D eigenvalue weighted by atomic mass is 35.5. The highest BCUT2D eigenvalue weighted by Gasteiger charge is 2.28. The fourth-order valence-corrected chi connectivity index (χ4v) is 5.36. The van der Waals surface area contributed by atoms with Crippen LogP contribution in [-0.4, -0.2) is 46.3 Å². The Kier molecular flexibility index (Phi) is 7.11. The van der Waals surface area contributed by atoms with Gasteiger partial charge in [-0.15, -0.1) is 0 Å². The lowest BCUT2D eigenvalue weighted by Crippen LogP contribution is -2.42. The Hall–Kier alpha value is -1.85. The number of nitrogens with one attached hydrogen (secondary N) is 1. The van der Waals surface area contributed by atoms with Gasteiger partial charge in [0.2, 0.25) is 0 Å². The minimum Gasteiger partial charge on any atom is -0.350 e. The van der Waals surface area contributed by atoms with Gasteiger partial charge in [0.05, 0.1) is 17.8 Å². The van der Waals surface area contributed by atoms with E-state index in [2.05, 4.69) is 15.3 Å². The van der Waals surface area contributed by atoms with Gasteiger partial charge < -0.3 is 5.32 Å². The molecule has 1 saturated heterocycles. The predicted molar refractivity (Wildman–Crippen MR) is 121 cm³/mol. The maximum Gasteiger partial charge on any atom is 0.256 e. The van der Waals surface area contributed by atoms with Gasteiger partial charge in [-0.1, -0.05) is 61.2 Å². The summed E-state index contributed by atoms with van der Waals surface area (Å²) in [5.41, 5.74) is 2.29. The topological polar surface area (TPSA) is 50.2 Å². The van der Waals surface area contributed by atoms with Gasteiger partial charge in [-0.3, -0.25) is 9.69 Å². The second kappa shape index (κ2) is 9.97. The van der Waals surface area contributed by atoms with Crippen molar-refractivity contribution in [2.24, 2.45) is 5.92 Å². The van der Waals surface area contributed by atoms with Crippen LogP contribution in [-0.2, 0) is 6.54 Å². The van der Waals surface area contributed by atoms with Crippen LogP contribution in [0.15, 0.2) is 30.3 Å². The molecule has 6 heteroatoms. The summed E-state index contributed by atoms with van der Waals surface area (Å²) in [7, 11) is 0. The van der Waals surface area contributed by atoms with E-state index >= 15 is 0 Å². The molecule has 1 aliphatic heterocycles. The summed E-state index contributed by atoms with van der Waals surface area (Å²) in [6, 6.07) is 10.5. The summed E-state index contributed by atoms with van der Waals surface area (Å²) in [6.07, 6.45) is 9.27. The number of amides is 1. The summed E-state index contributed by atoms with van der Waals surface area (Å²) < 4.78 is 1.71. The highest BCUT2D eigenvalue weighted by molar-refractivity contribution is 6.33. The van der Waals surface area contributed by atoms with Gasteiger partial charge in [-0.25, -0.2) is 4.68 Å². The fraction of sp³-hybridized carbons (Fsp3) is 0.583. The van der Waals surface area contributed by atoms with Gasteiger partial charge in [-0.2, -0.15) is 5.10 Å². The molecule has 162 valence electrons. The molecule has 2 aromatic rings. The molecule has 2 heterocycles. The monoisotopic (exact) mass is 428 g/mol. The van der Waals surface area contributed by atoms with Gasteiger partial charge >= 0.3 is 0 Å². The number of aromatic nitrogens is 2. The lowest BCUT2D eigenvalue weighted by Gasteiger charge is -2.31. The Labute approximate surface area is 184 Å². The third-order valence-electron chi connectivity index (χ3n) is 6.68. The number of aryl methyl sites for hydroxylation is 1. The van der Waals surface area contributed by atoms with Crippen LogP contribution in [0.3, 0.4) is 0 Å². The van der Waals surface area contributed by atoms with Crippen LogP contribution >= 0.6 is 11.6 Å². The minimum atomic E-state index is -0.110. The number of hydrogen-bond donors (Lipinski definition) is 1. The lowest BCUT2D eigenvalue weighted by molar-refractivity contribution is 0.0936. The summed E-state index contributed by atoms with van der Waals surface area (Å²) in [6.45, 7) is 5.45. The fourth-order valence-electron chi connectivity index (χ4n) is 5.04. The average molecular weight is 429 g/mol. The second-order valence-electron chi connectivity index (χ2n) is 8.90. The van der Waals surface area contributed by atoms with E-state index < -0.39 is 0 Å². The summed E-state index contributed by atoms with van der Waals surface area (Å²) in [4.78, 5) is 15.5. The van der Waals surface area contributed by atoms with Crippen molar-refractivity contribution in [3.05, 3.63) is 52.3 Å². The molecule has 0 unspecified atom stereocenters. The Morgan fingerprint density at radius 1 is 1.13 bits per heavy atom. The molecule has 1 N–H and O–H groups in total. The summed E-state index contributed by atoms with van der Waals surface area (Å²) in [5, 5.41) is 8.08. The van der Waals surface area contributed by atoms with Crippen LogP contribution in [0.4, 0.5) is 0 Å². The third-order valence-corrected chi connectivity index (χ3v) is 7.07. The molecule has 4 rings (SSSR count). The van der Waals surface area contributed by atoms with E-state index in [9.17, 15) is 4.79 Å². The summed E-state index contributed by atoms with van der Waals surface area (Å²) >= 11 is 6.56. The van der Waals surface area contributed by atoms with E-state index in [1.807, 2.05) is 37.3 Å². The van der Waals surface area contributed by atoms with Crippen LogP contribution in [0, 0.1) is 12.8 Å². The van der Waals surface area contributed by atoms with Crippen molar-refractivity contribution < 1.29 is 4.79 Å². The molecule has 1 aliphatic carbocycles. The first-order valence-corrected chi connectivity index (χ1v) is 11.8. The zero-order valence-corrected chi connectivity index (χ0v) is 18.7. The van der Waals surface area contributed by atoms with E-state index in [4.69, 9.17) is 11.6 Å². The maximum absolute atomic E-state index is 12.9. The first kappa shape index (κ1) is 21.4. The molecule has 1 aromatic heterocycles.